The van der Waals surface area contributed by atoms with Crippen LogP contribution in [0.4, 0.5) is 18.9 Å². The van der Waals surface area contributed by atoms with E-state index >= 15 is 0 Å². The van der Waals surface area contributed by atoms with Crippen molar-refractivity contribution in [2.75, 3.05) is 0 Å². The Morgan fingerprint density at radius 2 is 2.07 bits per heavy atom. The van der Waals surface area contributed by atoms with Crippen molar-refractivity contribution in [2.45, 2.75) is 6.18 Å². The molecule has 0 spiro atoms. The van der Waals surface area contributed by atoms with Gasteiger partial charge in [0.25, 0.3) is 0 Å². The Labute approximate surface area is 91.7 Å². The Hall–Kier alpha value is -1.08. The van der Waals surface area contributed by atoms with Crippen molar-refractivity contribution >= 4 is 28.0 Å². The maximum atomic E-state index is 12.5. The molecule has 82 valence electrons. The Morgan fingerprint density at radius 1 is 1.40 bits per heavy atom. The minimum atomic E-state index is -4.48. The quantitative estimate of drug-likeness (QED) is 0.497. The van der Waals surface area contributed by atoms with Crippen LogP contribution in [0.3, 0.4) is 0 Å². The third-order valence-corrected chi connectivity index (χ3v) is 2.02. The number of alkyl halides is 3. The zero-order valence-corrected chi connectivity index (χ0v) is 8.80. The summed E-state index contributed by atoms with van der Waals surface area (Å²) in [5, 5.41) is 8.19. The third-order valence-electron chi connectivity index (χ3n) is 1.53. The van der Waals surface area contributed by atoms with E-state index in [2.05, 4.69) is 20.9 Å². The minimum Gasteiger partial charge on any atom is -0.290 e. The molecule has 0 aliphatic carbocycles. The molecule has 0 amide bonds. The van der Waals surface area contributed by atoms with Gasteiger partial charge in [-0.25, -0.2) is 4.99 Å². The van der Waals surface area contributed by atoms with Gasteiger partial charge in [0.05, 0.1) is 11.3 Å². The summed E-state index contributed by atoms with van der Waals surface area (Å²) in [6.45, 7) is 0. The molecule has 1 aromatic rings. The lowest BCUT2D eigenvalue weighted by Gasteiger charge is -2.09. The first-order valence-electron chi connectivity index (χ1n) is 3.74. The van der Waals surface area contributed by atoms with E-state index in [9.17, 15) is 13.2 Å². The van der Waals surface area contributed by atoms with E-state index in [4.69, 9.17) is 5.21 Å². The zero-order valence-electron chi connectivity index (χ0n) is 7.22. The number of hydroxylamine groups is 1. The van der Waals surface area contributed by atoms with E-state index in [0.29, 0.717) is 4.47 Å². The first-order chi connectivity index (χ1) is 6.95. The normalized spacial score (nSPS) is 12.1. The van der Waals surface area contributed by atoms with Gasteiger partial charge < -0.3 is 0 Å². The summed E-state index contributed by atoms with van der Waals surface area (Å²) in [6.07, 6.45) is -3.72. The van der Waals surface area contributed by atoms with E-state index in [-0.39, 0.29) is 5.69 Å². The van der Waals surface area contributed by atoms with Gasteiger partial charge in [-0.15, -0.1) is 0 Å². The largest absolute Gasteiger partial charge is 0.418 e. The molecule has 0 aliphatic rings. The van der Waals surface area contributed by atoms with Crippen LogP contribution in [0.2, 0.25) is 0 Å². The van der Waals surface area contributed by atoms with E-state index in [1.54, 1.807) is 0 Å². The molecule has 0 aromatic heterocycles. The second-order valence-electron chi connectivity index (χ2n) is 2.55. The highest BCUT2D eigenvalue weighted by molar-refractivity contribution is 9.10. The smallest absolute Gasteiger partial charge is 0.290 e. The molecule has 1 rings (SSSR count). The van der Waals surface area contributed by atoms with Crippen molar-refractivity contribution in [3.63, 3.8) is 0 Å². The molecule has 2 N–H and O–H groups in total. The van der Waals surface area contributed by atoms with Gasteiger partial charge in [-0.1, -0.05) is 15.9 Å². The fourth-order valence-electron chi connectivity index (χ4n) is 0.946. The molecule has 15 heavy (non-hydrogen) atoms. The Balaban J connectivity index is 3.21. The molecular formula is C8H6BrF3N2O. The van der Waals surface area contributed by atoms with Crippen LogP contribution in [-0.2, 0) is 6.18 Å². The first-order valence-corrected chi connectivity index (χ1v) is 4.53. The second-order valence-corrected chi connectivity index (χ2v) is 3.46. The lowest BCUT2D eigenvalue weighted by molar-refractivity contribution is -0.137. The number of nitrogens with one attached hydrogen (secondary N) is 1. The van der Waals surface area contributed by atoms with Gasteiger partial charge in [-0.2, -0.15) is 13.2 Å². The molecule has 0 heterocycles. The van der Waals surface area contributed by atoms with Crippen LogP contribution in [0, 0.1) is 0 Å². The fraction of sp³-hybridized carbons (Fsp3) is 0.125. The lowest BCUT2D eigenvalue weighted by atomic mass is 10.2. The zero-order chi connectivity index (χ0) is 11.5. The summed E-state index contributed by atoms with van der Waals surface area (Å²) in [5.41, 5.74) is 0.396. The molecule has 0 unspecified atom stereocenters. The topological polar surface area (TPSA) is 44.6 Å². The average Bonchev–Trinajstić information content (AvgIpc) is 2.14. The second kappa shape index (κ2) is 4.63. The predicted octanol–water partition coefficient (Wildman–Crippen LogP) is 3.11. The van der Waals surface area contributed by atoms with Crippen LogP contribution in [-0.4, -0.2) is 11.5 Å². The maximum absolute atomic E-state index is 12.5. The summed E-state index contributed by atoms with van der Waals surface area (Å²) < 4.78 is 37.7. The highest BCUT2D eigenvalue weighted by Gasteiger charge is 2.33. The molecule has 0 atom stereocenters. The van der Waals surface area contributed by atoms with Gasteiger partial charge in [0.15, 0.2) is 0 Å². The van der Waals surface area contributed by atoms with Crippen molar-refractivity contribution in [1.82, 2.24) is 5.48 Å². The van der Waals surface area contributed by atoms with E-state index in [1.165, 1.54) is 17.6 Å². The van der Waals surface area contributed by atoms with Gasteiger partial charge in [0, 0.05) is 4.47 Å². The van der Waals surface area contributed by atoms with E-state index in [0.717, 1.165) is 12.4 Å². The van der Waals surface area contributed by atoms with Gasteiger partial charge in [0.2, 0.25) is 0 Å². The van der Waals surface area contributed by atoms with Crippen LogP contribution in [0.15, 0.2) is 27.7 Å². The van der Waals surface area contributed by atoms with E-state index in [1.807, 2.05) is 0 Å². The number of aliphatic imine (C=N–C) groups is 1. The summed E-state index contributed by atoms with van der Waals surface area (Å²) in [6, 6.07) is 3.55. The van der Waals surface area contributed by atoms with Crippen LogP contribution in [0.25, 0.3) is 0 Å². The molecular weight excluding hydrogens is 277 g/mol. The van der Waals surface area contributed by atoms with E-state index < -0.39 is 11.7 Å². The third kappa shape index (κ3) is 3.21. The number of hydrogen-bond donors (Lipinski definition) is 2. The SMILES string of the molecule is ONC=Nc1ccc(Br)cc1C(F)(F)F. The summed E-state index contributed by atoms with van der Waals surface area (Å²) >= 11 is 2.94. The van der Waals surface area contributed by atoms with Crippen molar-refractivity contribution in [3.05, 3.63) is 28.2 Å². The van der Waals surface area contributed by atoms with Crippen LogP contribution < -0.4 is 5.48 Å². The summed E-state index contributed by atoms with van der Waals surface area (Å²) in [5.74, 6) is 0. The number of halogens is 4. The van der Waals surface area contributed by atoms with Crippen LogP contribution in [0.1, 0.15) is 5.56 Å². The molecule has 0 radical (unpaired) electrons. The molecule has 0 bridgehead atoms. The maximum Gasteiger partial charge on any atom is 0.418 e. The summed E-state index contributed by atoms with van der Waals surface area (Å²) in [7, 11) is 0. The number of nitrogens with zero attached hydrogens (tertiary/aromatic N) is 1. The summed E-state index contributed by atoms with van der Waals surface area (Å²) in [4.78, 5) is 3.41. The highest BCUT2D eigenvalue weighted by Crippen LogP contribution is 2.37. The molecule has 0 fully saturated rings. The number of hydrogen-bond acceptors (Lipinski definition) is 2. The molecule has 1 aromatic carbocycles. The fourth-order valence-corrected chi connectivity index (χ4v) is 1.31. The molecule has 0 aliphatic heterocycles. The van der Waals surface area contributed by atoms with Crippen LogP contribution >= 0.6 is 15.9 Å². The minimum absolute atomic E-state index is 0.271. The van der Waals surface area contributed by atoms with Crippen molar-refractivity contribution in [2.24, 2.45) is 4.99 Å². The van der Waals surface area contributed by atoms with Crippen molar-refractivity contribution < 1.29 is 18.4 Å². The number of rotatable bonds is 2. The van der Waals surface area contributed by atoms with Crippen molar-refractivity contribution in [3.8, 4) is 0 Å². The monoisotopic (exact) mass is 282 g/mol. The van der Waals surface area contributed by atoms with Gasteiger partial charge >= 0.3 is 6.18 Å². The van der Waals surface area contributed by atoms with Crippen LogP contribution in [0.5, 0.6) is 0 Å². The Bertz CT molecular complexity index is 379. The van der Waals surface area contributed by atoms with Gasteiger partial charge in [0.1, 0.15) is 6.34 Å². The molecule has 7 heteroatoms. The highest BCUT2D eigenvalue weighted by atomic mass is 79.9. The Kier molecular flexibility index (Phi) is 3.70. The average molecular weight is 283 g/mol. The molecule has 0 saturated heterocycles. The standard InChI is InChI=1S/C8H6BrF3N2O/c9-5-1-2-7(13-4-14-15)6(3-5)8(10,11)12/h1-4,15H,(H,13,14). The molecule has 0 saturated carbocycles. The van der Waals surface area contributed by atoms with Gasteiger partial charge in [-0.3, -0.25) is 10.7 Å². The number of benzene rings is 1. The lowest BCUT2D eigenvalue weighted by Crippen LogP contribution is -2.06. The van der Waals surface area contributed by atoms with Crippen molar-refractivity contribution in [1.29, 1.82) is 0 Å². The predicted molar refractivity (Wildman–Crippen MR) is 52.2 cm³/mol. The first kappa shape index (κ1) is 12.0. The Morgan fingerprint density at radius 3 is 2.60 bits per heavy atom. The van der Waals surface area contributed by atoms with Gasteiger partial charge in [-0.05, 0) is 18.2 Å². The molecule has 3 nitrogen and oxygen atoms in total.